The van der Waals surface area contributed by atoms with Gasteiger partial charge in [0.15, 0.2) is 0 Å². The first kappa shape index (κ1) is 15.5. The zero-order chi connectivity index (χ0) is 14.0. The summed E-state index contributed by atoms with van der Waals surface area (Å²) in [7, 11) is 0. The van der Waals surface area contributed by atoms with E-state index in [4.69, 9.17) is 4.74 Å². The predicted molar refractivity (Wildman–Crippen MR) is 89.1 cm³/mol. The molecule has 2 aromatic rings. The highest BCUT2D eigenvalue weighted by Crippen LogP contribution is 2.39. The van der Waals surface area contributed by atoms with Crippen LogP contribution in [0.5, 0.6) is 5.75 Å². The van der Waals surface area contributed by atoms with Crippen LogP contribution >= 0.6 is 59.1 Å². The molecule has 0 fully saturated rings. The lowest BCUT2D eigenvalue weighted by Gasteiger charge is -2.12. The summed E-state index contributed by atoms with van der Waals surface area (Å²) >= 11 is 11.9. The van der Waals surface area contributed by atoms with Crippen molar-refractivity contribution >= 4 is 59.1 Å². The quantitative estimate of drug-likeness (QED) is 0.638. The molecule has 19 heavy (non-hydrogen) atoms. The molecule has 1 aromatic heterocycles. The first-order chi connectivity index (χ1) is 9.02. The highest BCUT2D eigenvalue weighted by molar-refractivity contribution is 9.13. The Labute approximate surface area is 141 Å². The number of halogens is 3. The molecule has 1 atom stereocenters. The summed E-state index contributed by atoms with van der Waals surface area (Å²) in [4.78, 5) is 0.878. The van der Waals surface area contributed by atoms with Gasteiger partial charge >= 0.3 is 0 Å². The van der Waals surface area contributed by atoms with Crippen molar-refractivity contribution in [2.75, 3.05) is 6.61 Å². The molecule has 1 aromatic carbocycles. The van der Waals surface area contributed by atoms with E-state index in [2.05, 4.69) is 47.8 Å². The molecule has 0 aliphatic carbocycles. The normalized spacial score (nSPS) is 12.5. The number of rotatable bonds is 4. The van der Waals surface area contributed by atoms with Gasteiger partial charge in [0.2, 0.25) is 0 Å². The Kier molecular flexibility index (Phi) is 5.48. The maximum Gasteiger partial charge on any atom is 0.120 e. The minimum atomic E-state index is -0.655. The van der Waals surface area contributed by atoms with E-state index < -0.39 is 6.10 Å². The third-order valence-corrected chi connectivity index (χ3v) is 6.51. The molecular weight excluding hydrogens is 460 g/mol. The Bertz CT molecular complexity index is 564. The van der Waals surface area contributed by atoms with Gasteiger partial charge in [-0.05, 0) is 57.0 Å². The highest BCUT2D eigenvalue weighted by atomic mass is 79.9. The van der Waals surface area contributed by atoms with E-state index in [1.165, 1.54) is 11.3 Å². The molecule has 2 nitrogen and oxygen atoms in total. The second kappa shape index (κ2) is 6.72. The summed E-state index contributed by atoms with van der Waals surface area (Å²) in [6, 6.07) is 7.54. The molecule has 102 valence electrons. The molecule has 0 spiro atoms. The van der Waals surface area contributed by atoms with Crippen molar-refractivity contribution in [3.05, 3.63) is 47.4 Å². The Morgan fingerprint density at radius 3 is 2.47 bits per heavy atom. The van der Waals surface area contributed by atoms with E-state index in [-0.39, 0.29) is 0 Å². The second-order valence-corrected chi connectivity index (χ2v) is 7.90. The monoisotopic (exact) mass is 468 g/mol. The first-order valence-corrected chi connectivity index (χ1v) is 8.77. The third kappa shape index (κ3) is 3.61. The zero-order valence-corrected chi connectivity index (χ0v) is 15.6. The Morgan fingerprint density at radius 1 is 1.21 bits per heavy atom. The van der Waals surface area contributed by atoms with E-state index in [1.807, 2.05) is 31.2 Å². The number of hydrogen-bond acceptors (Lipinski definition) is 3. The molecule has 1 unspecified atom stereocenters. The van der Waals surface area contributed by atoms with E-state index >= 15 is 0 Å². The smallest absolute Gasteiger partial charge is 0.120 e. The fourth-order valence-electron chi connectivity index (χ4n) is 1.64. The number of ether oxygens (including phenoxy) is 1. The second-order valence-electron chi connectivity index (χ2n) is 3.79. The SMILES string of the molecule is CCOc1ccc(C(O)c2cc(Br)c(Br)s2)c(Br)c1. The van der Waals surface area contributed by atoms with Gasteiger partial charge in [-0.2, -0.15) is 0 Å². The summed E-state index contributed by atoms with van der Waals surface area (Å²) in [5.74, 6) is 0.791. The van der Waals surface area contributed by atoms with Crippen molar-refractivity contribution in [1.82, 2.24) is 0 Å². The van der Waals surface area contributed by atoms with Crippen molar-refractivity contribution < 1.29 is 9.84 Å². The van der Waals surface area contributed by atoms with E-state index in [0.29, 0.717) is 6.61 Å². The Morgan fingerprint density at radius 2 is 1.95 bits per heavy atom. The van der Waals surface area contributed by atoms with Crippen molar-refractivity contribution in [2.45, 2.75) is 13.0 Å². The largest absolute Gasteiger partial charge is 0.494 e. The van der Waals surface area contributed by atoms with E-state index in [9.17, 15) is 5.11 Å². The topological polar surface area (TPSA) is 29.5 Å². The molecule has 0 aliphatic rings. The molecule has 0 saturated carbocycles. The van der Waals surface area contributed by atoms with Gasteiger partial charge in [0, 0.05) is 19.4 Å². The molecule has 0 radical (unpaired) electrons. The lowest BCUT2D eigenvalue weighted by Crippen LogP contribution is -1.99. The van der Waals surface area contributed by atoms with Crippen LogP contribution in [0.25, 0.3) is 0 Å². The van der Waals surface area contributed by atoms with Crippen LogP contribution in [0.15, 0.2) is 37.0 Å². The fraction of sp³-hybridized carbons (Fsp3) is 0.231. The molecule has 1 heterocycles. The number of hydrogen-bond donors (Lipinski definition) is 1. The molecule has 0 saturated heterocycles. The van der Waals surface area contributed by atoms with Gasteiger partial charge in [0.05, 0.1) is 10.4 Å². The fourth-order valence-corrected chi connectivity index (χ4v) is 4.31. The van der Waals surface area contributed by atoms with Crippen LogP contribution in [0.4, 0.5) is 0 Å². The molecule has 0 amide bonds. The molecular formula is C13H11Br3O2S. The summed E-state index contributed by atoms with van der Waals surface area (Å²) < 4.78 is 8.19. The summed E-state index contributed by atoms with van der Waals surface area (Å²) in [6.45, 7) is 2.57. The van der Waals surface area contributed by atoms with Crippen LogP contribution in [-0.2, 0) is 0 Å². The lowest BCUT2D eigenvalue weighted by molar-refractivity contribution is 0.223. The summed E-state index contributed by atoms with van der Waals surface area (Å²) in [6.07, 6.45) is -0.655. The van der Waals surface area contributed by atoms with Crippen LogP contribution in [0.3, 0.4) is 0 Å². The average Bonchev–Trinajstić information content (AvgIpc) is 2.69. The lowest BCUT2D eigenvalue weighted by atomic mass is 10.1. The van der Waals surface area contributed by atoms with Crippen LogP contribution in [-0.4, -0.2) is 11.7 Å². The van der Waals surface area contributed by atoms with Gasteiger partial charge in [-0.3, -0.25) is 0 Å². The minimum Gasteiger partial charge on any atom is -0.494 e. The number of thiophene rings is 1. The van der Waals surface area contributed by atoms with Gasteiger partial charge in [-0.25, -0.2) is 0 Å². The van der Waals surface area contributed by atoms with Crippen LogP contribution in [0, 0.1) is 0 Å². The third-order valence-electron chi connectivity index (χ3n) is 2.51. The summed E-state index contributed by atoms with van der Waals surface area (Å²) in [5.41, 5.74) is 0.824. The van der Waals surface area contributed by atoms with Gasteiger partial charge in [-0.1, -0.05) is 22.0 Å². The van der Waals surface area contributed by atoms with Crippen molar-refractivity contribution in [1.29, 1.82) is 0 Å². The van der Waals surface area contributed by atoms with Crippen LogP contribution < -0.4 is 4.74 Å². The van der Waals surface area contributed by atoms with Gasteiger partial charge in [0.1, 0.15) is 11.9 Å². The van der Waals surface area contributed by atoms with Crippen molar-refractivity contribution in [3.63, 3.8) is 0 Å². The molecule has 0 aliphatic heterocycles. The van der Waals surface area contributed by atoms with E-state index in [0.717, 1.165) is 28.9 Å². The first-order valence-electron chi connectivity index (χ1n) is 5.58. The molecule has 1 N–H and O–H groups in total. The maximum atomic E-state index is 10.4. The highest BCUT2D eigenvalue weighted by Gasteiger charge is 2.18. The van der Waals surface area contributed by atoms with Crippen molar-refractivity contribution in [3.8, 4) is 5.75 Å². The zero-order valence-electron chi connectivity index (χ0n) is 9.99. The van der Waals surface area contributed by atoms with Crippen LogP contribution in [0.1, 0.15) is 23.5 Å². The van der Waals surface area contributed by atoms with Gasteiger partial charge in [-0.15, -0.1) is 11.3 Å². The number of aliphatic hydroxyl groups is 1. The number of benzene rings is 1. The summed E-state index contributed by atoms with van der Waals surface area (Å²) in [5, 5.41) is 10.4. The van der Waals surface area contributed by atoms with E-state index in [1.54, 1.807) is 0 Å². The van der Waals surface area contributed by atoms with Crippen molar-refractivity contribution in [2.24, 2.45) is 0 Å². The van der Waals surface area contributed by atoms with Gasteiger partial charge < -0.3 is 9.84 Å². The average molecular weight is 471 g/mol. The Hall–Kier alpha value is 0.120. The Balaban J connectivity index is 2.30. The van der Waals surface area contributed by atoms with Gasteiger partial charge in [0.25, 0.3) is 0 Å². The molecule has 6 heteroatoms. The van der Waals surface area contributed by atoms with Crippen LogP contribution in [0.2, 0.25) is 0 Å². The maximum absolute atomic E-state index is 10.4. The predicted octanol–water partition coefficient (Wildman–Crippen LogP) is 5.52. The molecule has 2 rings (SSSR count). The standard InChI is InChI=1S/C13H11Br3O2S/c1-2-18-7-3-4-8(9(14)5-7)12(17)11-6-10(15)13(16)19-11/h3-6,12,17H,2H2,1H3. The number of aliphatic hydroxyl groups excluding tert-OH is 1. The molecule has 0 bridgehead atoms. The minimum absolute atomic E-state index is 0.624.